The first-order valence-corrected chi connectivity index (χ1v) is 6.05. The average molecular weight is 259 g/mol. The number of hydrogen-bond acceptors (Lipinski definition) is 4. The van der Waals surface area contributed by atoms with E-state index in [1.54, 1.807) is 6.92 Å². The van der Waals surface area contributed by atoms with Gasteiger partial charge in [-0.1, -0.05) is 13.8 Å². The second-order valence-electron chi connectivity index (χ2n) is 5.11. The van der Waals surface area contributed by atoms with Gasteiger partial charge in [-0.25, -0.2) is 0 Å². The molecule has 0 aromatic heterocycles. The fourth-order valence-electron chi connectivity index (χ4n) is 1.68. The van der Waals surface area contributed by atoms with Crippen molar-refractivity contribution in [3.05, 3.63) is 0 Å². The number of nitrogens with one attached hydrogen (secondary N) is 1. The summed E-state index contributed by atoms with van der Waals surface area (Å²) in [4.78, 5) is 22.5. The van der Waals surface area contributed by atoms with Crippen molar-refractivity contribution in [3.63, 3.8) is 0 Å². The van der Waals surface area contributed by atoms with Gasteiger partial charge in [-0.2, -0.15) is 0 Å². The molecule has 0 saturated carbocycles. The summed E-state index contributed by atoms with van der Waals surface area (Å²) >= 11 is 0. The van der Waals surface area contributed by atoms with Crippen molar-refractivity contribution in [2.45, 2.75) is 39.6 Å². The van der Waals surface area contributed by atoms with Crippen LogP contribution in [-0.4, -0.2) is 42.0 Å². The van der Waals surface area contributed by atoms with E-state index in [4.69, 9.17) is 14.6 Å². The minimum atomic E-state index is -0.973. The normalized spacial score (nSPS) is 25.4. The minimum Gasteiger partial charge on any atom is -0.481 e. The zero-order valence-electron chi connectivity index (χ0n) is 11.2. The van der Waals surface area contributed by atoms with Crippen molar-refractivity contribution in [2.75, 3.05) is 13.2 Å². The van der Waals surface area contributed by atoms with Crippen LogP contribution in [0.2, 0.25) is 0 Å². The largest absolute Gasteiger partial charge is 0.481 e. The Morgan fingerprint density at radius 3 is 2.44 bits per heavy atom. The van der Waals surface area contributed by atoms with Crippen molar-refractivity contribution in [3.8, 4) is 0 Å². The Hall–Kier alpha value is -1.14. The zero-order chi connectivity index (χ0) is 13.9. The molecule has 0 bridgehead atoms. The second-order valence-corrected chi connectivity index (χ2v) is 5.11. The third-order valence-corrected chi connectivity index (χ3v) is 3.12. The fraction of sp³-hybridized carbons (Fsp3) is 0.833. The first-order valence-electron chi connectivity index (χ1n) is 6.05. The van der Waals surface area contributed by atoms with Crippen LogP contribution in [0.15, 0.2) is 0 Å². The van der Waals surface area contributed by atoms with E-state index in [2.05, 4.69) is 5.32 Å². The number of carbonyl (C=O) groups is 2. The van der Waals surface area contributed by atoms with Gasteiger partial charge in [-0.05, 0) is 13.8 Å². The molecule has 0 aromatic rings. The molecule has 6 heteroatoms. The van der Waals surface area contributed by atoms with Gasteiger partial charge in [0.15, 0.2) is 5.79 Å². The SMILES string of the molecule is CC(C(=O)O)C(C)C(=O)NCC1COC(C)(C)O1. The van der Waals surface area contributed by atoms with Gasteiger partial charge in [0.05, 0.1) is 12.5 Å². The molecule has 1 aliphatic rings. The molecule has 1 heterocycles. The predicted molar refractivity (Wildman–Crippen MR) is 63.9 cm³/mol. The van der Waals surface area contributed by atoms with Crippen LogP contribution < -0.4 is 5.32 Å². The molecule has 0 aliphatic carbocycles. The van der Waals surface area contributed by atoms with E-state index in [1.807, 2.05) is 13.8 Å². The van der Waals surface area contributed by atoms with E-state index in [1.165, 1.54) is 6.92 Å². The highest BCUT2D eigenvalue weighted by Crippen LogP contribution is 2.21. The maximum Gasteiger partial charge on any atom is 0.307 e. The highest BCUT2D eigenvalue weighted by atomic mass is 16.7. The summed E-state index contributed by atoms with van der Waals surface area (Å²) in [6.45, 7) is 7.50. The molecule has 1 rings (SSSR count). The number of hydrogen-bond donors (Lipinski definition) is 2. The van der Waals surface area contributed by atoms with Crippen LogP contribution in [-0.2, 0) is 19.1 Å². The van der Waals surface area contributed by atoms with Crippen LogP contribution in [0.3, 0.4) is 0 Å². The summed E-state index contributed by atoms with van der Waals surface area (Å²) in [5.41, 5.74) is 0. The molecule has 18 heavy (non-hydrogen) atoms. The van der Waals surface area contributed by atoms with Crippen LogP contribution in [0, 0.1) is 11.8 Å². The molecule has 0 aromatic carbocycles. The first kappa shape index (κ1) is 14.9. The molecule has 1 aliphatic heterocycles. The number of aliphatic carboxylic acids is 1. The fourth-order valence-corrected chi connectivity index (χ4v) is 1.68. The lowest BCUT2D eigenvalue weighted by Gasteiger charge is -2.19. The first-order chi connectivity index (χ1) is 8.23. The summed E-state index contributed by atoms with van der Waals surface area (Å²) in [5, 5.41) is 11.5. The number of rotatable bonds is 5. The van der Waals surface area contributed by atoms with Crippen LogP contribution >= 0.6 is 0 Å². The van der Waals surface area contributed by atoms with Gasteiger partial charge in [0.25, 0.3) is 0 Å². The van der Waals surface area contributed by atoms with Crippen molar-refractivity contribution in [1.29, 1.82) is 0 Å². The zero-order valence-corrected chi connectivity index (χ0v) is 11.2. The number of carboxylic acid groups (broad SMARTS) is 1. The lowest BCUT2D eigenvalue weighted by molar-refractivity contribution is -0.146. The Morgan fingerprint density at radius 2 is 2.00 bits per heavy atom. The summed E-state index contributed by atoms with van der Waals surface area (Å²) < 4.78 is 10.9. The van der Waals surface area contributed by atoms with E-state index in [9.17, 15) is 9.59 Å². The van der Waals surface area contributed by atoms with E-state index >= 15 is 0 Å². The smallest absolute Gasteiger partial charge is 0.307 e. The van der Waals surface area contributed by atoms with E-state index in [-0.39, 0.29) is 12.0 Å². The van der Waals surface area contributed by atoms with Gasteiger partial charge in [0.2, 0.25) is 5.91 Å². The van der Waals surface area contributed by atoms with E-state index < -0.39 is 23.6 Å². The van der Waals surface area contributed by atoms with Crippen molar-refractivity contribution in [2.24, 2.45) is 11.8 Å². The van der Waals surface area contributed by atoms with Gasteiger partial charge in [-0.3, -0.25) is 9.59 Å². The molecule has 1 saturated heterocycles. The third kappa shape index (κ3) is 3.96. The second kappa shape index (κ2) is 5.67. The maximum atomic E-state index is 11.7. The Kier molecular flexibility index (Phi) is 4.70. The van der Waals surface area contributed by atoms with Crippen LogP contribution in [0.5, 0.6) is 0 Å². The molecule has 3 unspecified atom stereocenters. The Labute approximate surface area is 107 Å². The number of carbonyl (C=O) groups excluding carboxylic acids is 1. The Balaban J connectivity index is 2.36. The van der Waals surface area contributed by atoms with E-state index in [0.717, 1.165) is 0 Å². The highest BCUT2D eigenvalue weighted by molar-refractivity contribution is 5.84. The summed E-state index contributed by atoms with van der Waals surface area (Å²) in [7, 11) is 0. The molecule has 3 atom stereocenters. The molecule has 1 amide bonds. The average Bonchev–Trinajstić information content (AvgIpc) is 2.63. The van der Waals surface area contributed by atoms with Gasteiger partial charge < -0.3 is 19.9 Å². The van der Waals surface area contributed by atoms with E-state index in [0.29, 0.717) is 13.2 Å². The molecule has 104 valence electrons. The highest BCUT2D eigenvalue weighted by Gasteiger charge is 2.33. The molecule has 2 N–H and O–H groups in total. The Morgan fingerprint density at radius 1 is 1.39 bits per heavy atom. The number of ether oxygens (including phenoxy) is 2. The van der Waals surface area contributed by atoms with Gasteiger partial charge in [-0.15, -0.1) is 0 Å². The standard InChI is InChI=1S/C12H21NO5/c1-7(8(2)11(15)16)10(14)13-5-9-6-17-12(3,4)18-9/h7-9H,5-6H2,1-4H3,(H,13,14)(H,15,16). The lowest BCUT2D eigenvalue weighted by atomic mass is 9.95. The van der Waals surface area contributed by atoms with Crippen molar-refractivity contribution < 1.29 is 24.2 Å². The number of amides is 1. The molecule has 6 nitrogen and oxygen atoms in total. The summed E-state index contributed by atoms with van der Waals surface area (Å²) in [6.07, 6.45) is -0.184. The van der Waals surface area contributed by atoms with Crippen LogP contribution in [0.1, 0.15) is 27.7 Å². The monoisotopic (exact) mass is 259 g/mol. The van der Waals surface area contributed by atoms with Crippen molar-refractivity contribution >= 4 is 11.9 Å². The topological polar surface area (TPSA) is 84.9 Å². The summed E-state index contributed by atoms with van der Waals surface area (Å²) in [5.74, 6) is -3.15. The Bertz CT molecular complexity index is 328. The molecule has 0 radical (unpaired) electrons. The summed E-state index contributed by atoms with van der Waals surface area (Å²) in [6, 6.07) is 0. The van der Waals surface area contributed by atoms with Gasteiger partial charge >= 0.3 is 5.97 Å². The molecular weight excluding hydrogens is 238 g/mol. The minimum absolute atomic E-state index is 0.184. The molecular formula is C12H21NO5. The quantitative estimate of drug-likeness (QED) is 0.755. The number of carboxylic acids is 1. The van der Waals surface area contributed by atoms with Crippen molar-refractivity contribution in [1.82, 2.24) is 5.32 Å². The maximum absolute atomic E-state index is 11.7. The van der Waals surface area contributed by atoms with Gasteiger partial charge in [0.1, 0.15) is 6.10 Å². The third-order valence-electron chi connectivity index (χ3n) is 3.12. The van der Waals surface area contributed by atoms with Crippen LogP contribution in [0.25, 0.3) is 0 Å². The predicted octanol–water partition coefficient (Wildman–Crippen LogP) is 0.611. The molecule has 1 fully saturated rings. The van der Waals surface area contributed by atoms with Crippen LogP contribution in [0.4, 0.5) is 0 Å². The lowest BCUT2D eigenvalue weighted by Crippen LogP contribution is -2.40. The molecule has 0 spiro atoms. The van der Waals surface area contributed by atoms with Gasteiger partial charge in [0, 0.05) is 12.5 Å².